The Hall–Kier alpha value is -3.83. The molecule has 6 heteroatoms. The van der Waals surface area contributed by atoms with E-state index in [1.54, 1.807) is 24.5 Å². The van der Waals surface area contributed by atoms with Crippen LogP contribution in [0.3, 0.4) is 0 Å². The van der Waals surface area contributed by atoms with E-state index in [0.717, 1.165) is 57.1 Å². The normalized spacial score (nSPS) is 12.9. The van der Waals surface area contributed by atoms with Crippen molar-refractivity contribution >= 4 is 34.0 Å². The van der Waals surface area contributed by atoms with Crippen molar-refractivity contribution < 1.29 is 4.39 Å². The van der Waals surface area contributed by atoms with Gasteiger partial charge in [0.15, 0.2) is 5.82 Å². The van der Waals surface area contributed by atoms with E-state index >= 15 is 0 Å². The fourth-order valence-corrected chi connectivity index (χ4v) is 4.90. The van der Waals surface area contributed by atoms with Crippen LogP contribution in [0.25, 0.3) is 33.4 Å². The quantitative estimate of drug-likeness (QED) is 0.283. The summed E-state index contributed by atoms with van der Waals surface area (Å²) in [6, 6.07) is 20.6. The van der Waals surface area contributed by atoms with E-state index in [0.29, 0.717) is 11.4 Å². The number of anilines is 2. The maximum Gasteiger partial charge on any atom is 0.163 e. The second-order valence-corrected chi connectivity index (χ2v) is 8.84. The number of pyridine rings is 1. The van der Waals surface area contributed by atoms with Gasteiger partial charge in [-0.3, -0.25) is 4.98 Å². The fraction of sp³-hybridized carbons (Fsp3) is 0.107. The minimum Gasteiger partial charge on any atom is -0.325 e. The Kier molecular flexibility index (Phi) is 5.00. The molecule has 0 bridgehead atoms. The zero-order valence-corrected chi connectivity index (χ0v) is 19.2. The van der Waals surface area contributed by atoms with Crippen LogP contribution >= 0.6 is 11.6 Å². The molecule has 4 nitrogen and oxygen atoms in total. The smallest absolute Gasteiger partial charge is 0.163 e. The minimum absolute atomic E-state index is 0.253. The number of halogens is 2. The molecule has 1 aliphatic heterocycles. The van der Waals surface area contributed by atoms with Crippen LogP contribution in [0.15, 0.2) is 79.1 Å². The number of benzene rings is 3. The maximum absolute atomic E-state index is 14.7. The molecule has 34 heavy (non-hydrogen) atoms. The summed E-state index contributed by atoms with van der Waals surface area (Å²) in [6.45, 7) is 2.79. The van der Waals surface area contributed by atoms with E-state index in [-0.39, 0.29) is 5.82 Å². The second-order valence-electron chi connectivity index (χ2n) is 8.40. The third kappa shape index (κ3) is 3.40. The molecule has 0 amide bonds. The first kappa shape index (κ1) is 20.8. The summed E-state index contributed by atoms with van der Waals surface area (Å²) in [7, 11) is 0. The van der Waals surface area contributed by atoms with Gasteiger partial charge in [0.2, 0.25) is 0 Å². The Morgan fingerprint density at radius 3 is 2.65 bits per heavy atom. The largest absolute Gasteiger partial charge is 0.325 e. The van der Waals surface area contributed by atoms with Crippen LogP contribution in [0.4, 0.5) is 15.9 Å². The van der Waals surface area contributed by atoms with Crippen molar-refractivity contribution in [3.63, 3.8) is 0 Å². The van der Waals surface area contributed by atoms with Crippen molar-refractivity contribution in [2.24, 2.45) is 0 Å². The van der Waals surface area contributed by atoms with Crippen molar-refractivity contribution in [2.45, 2.75) is 13.3 Å². The van der Waals surface area contributed by atoms with Crippen molar-refractivity contribution in [3.8, 4) is 22.5 Å². The van der Waals surface area contributed by atoms with Crippen molar-refractivity contribution in [3.05, 3.63) is 101 Å². The van der Waals surface area contributed by atoms with Gasteiger partial charge in [0.1, 0.15) is 11.6 Å². The highest BCUT2D eigenvalue weighted by Crippen LogP contribution is 2.41. The summed E-state index contributed by atoms with van der Waals surface area (Å²) in [5.74, 6) is 1.16. The van der Waals surface area contributed by atoms with Gasteiger partial charge in [-0.25, -0.2) is 14.4 Å². The summed E-state index contributed by atoms with van der Waals surface area (Å²) in [4.78, 5) is 16.4. The molecule has 3 heterocycles. The van der Waals surface area contributed by atoms with Crippen molar-refractivity contribution in [1.82, 2.24) is 15.0 Å². The highest BCUT2D eigenvalue weighted by Gasteiger charge is 2.25. The summed E-state index contributed by atoms with van der Waals surface area (Å²) < 4.78 is 14.7. The van der Waals surface area contributed by atoms with Crippen LogP contribution in [-0.4, -0.2) is 21.5 Å². The van der Waals surface area contributed by atoms with Gasteiger partial charge >= 0.3 is 0 Å². The van der Waals surface area contributed by atoms with E-state index < -0.39 is 0 Å². The average molecular weight is 467 g/mol. The molecule has 166 valence electrons. The number of fused-ring (bicyclic) bond motifs is 2. The summed E-state index contributed by atoms with van der Waals surface area (Å²) in [5, 5.41) is 1.66. The van der Waals surface area contributed by atoms with Gasteiger partial charge in [0.05, 0.1) is 5.52 Å². The summed E-state index contributed by atoms with van der Waals surface area (Å²) >= 11 is 6.24. The van der Waals surface area contributed by atoms with Crippen LogP contribution in [0.2, 0.25) is 5.02 Å². The van der Waals surface area contributed by atoms with Gasteiger partial charge in [-0.2, -0.15) is 0 Å². The summed E-state index contributed by atoms with van der Waals surface area (Å²) in [5.41, 5.74) is 6.21. The predicted octanol–water partition coefficient (Wildman–Crippen LogP) is 7.15. The molecule has 0 saturated heterocycles. The van der Waals surface area contributed by atoms with Crippen molar-refractivity contribution in [2.75, 3.05) is 11.4 Å². The molecule has 6 rings (SSSR count). The topological polar surface area (TPSA) is 41.9 Å². The molecule has 0 radical (unpaired) electrons. The van der Waals surface area contributed by atoms with Gasteiger partial charge in [-0.05, 0) is 72.5 Å². The van der Waals surface area contributed by atoms with E-state index in [1.807, 2.05) is 55.5 Å². The lowest BCUT2D eigenvalue weighted by Crippen LogP contribution is -2.16. The molecular formula is C28H20ClFN4. The molecule has 0 spiro atoms. The minimum atomic E-state index is -0.253. The number of nitrogens with zero attached hydrogens (tertiary/aromatic N) is 4. The van der Waals surface area contributed by atoms with Crippen LogP contribution in [-0.2, 0) is 6.42 Å². The van der Waals surface area contributed by atoms with Crippen LogP contribution in [0.1, 0.15) is 11.1 Å². The number of aryl methyl sites for hydroxylation is 1. The Bertz CT molecular complexity index is 1550. The lowest BCUT2D eigenvalue weighted by atomic mass is 9.97. The predicted molar refractivity (Wildman–Crippen MR) is 135 cm³/mol. The van der Waals surface area contributed by atoms with E-state index in [9.17, 15) is 4.39 Å². The van der Waals surface area contributed by atoms with Crippen LogP contribution in [0, 0.1) is 12.7 Å². The first-order valence-electron chi connectivity index (χ1n) is 11.1. The molecule has 0 aliphatic carbocycles. The van der Waals surface area contributed by atoms with E-state index in [2.05, 4.69) is 9.88 Å². The number of rotatable bonds is 3. The highest BCUT2D eigenvalue weighted by atomic mass is 35.5. The molecule has 0 atom stereocenters. The first-order chi connectivity index (χ1) is 16.6. The molecule has 0 N–H and O–H groups in total. The molecule has 0 saturated carbocycles. The average Bonchev–Trinajstić information content (AvgIpc) is 3.28. The molecule has 5 aromatic rings. The lowest BCUT2D eigenvalue weighted by Gasteiger charge is -2.22. The Morgan fingerprint density at radius 2 is 1.82 bits per heavy atom. The zero-order chi connectivity index (χ0) is 23.2. The zero-order valence-electron chi connectivity index (χ0n) is 18.5. The SMILES string of the molecule is Cc1c(-c2ccccc2F)ccc2c(N3CCc4cc(Cl)ccc43)nc(-c3cccnc3)nc12. The third-order valence-electron chi connectivity index (χ3n) is 6.38. The van der Waals surface area contributed by atoms with Crippen molar-refractivity contribution in [1.29, 1.82) is 0 Å². The number of aromatic nitrogens is 3. The van der Waals surface area contributed by atoms with Gasteiger partial charge in [0, 0.05) is 46.2 Å². The molecular weight excluding hydrogens is 447 g/mol. The molecule has 3 aromatic carbocycles. The highest BCUT2D eigenvalue weighted by molar-refractivity contribution is 6.30. The van der Waals surface area contributed by atoms with Crippen LogP contribution in [0.5, 0.6) is 0 Å². The van der Waals surface area contributed by atoms with Crippen LogP contribution < -0.4 is 4.90 Å². The molecule has 2 aromatic heterocycles. The Balaban J connectivity index is 1.62. The molecule has 0 unspecified atom stereocenters. The first-order valence-corrected chi connectivity index (χ1v) is 11.5. The Morgan fingerprint density at radius 1 is 0.941 bits per heavy atom. The third-order valence-corrected chi connectivity index (χ3v) is 6.61. The maximum atomic E-state index is 14.7. The second kappa shape index (κ2) is 8.19. The van der Waals surface area contributed by atoms with E-state index in [1.165, 1.54) is 11.6 Å². The Labute approximate surface area is 201 Å². The number of hydrogen-bond acceptors (Lipinski definition) is 4. The number of hydrogen-bond donors (Lipinski definition) is 0. The molecule has 0 fully saturated rings. The van der Waals surface area contributed by atoms with Gasteiger partial charge in [-0.1, -0.05) is 35.9 Å². The summed E-state index contributed by atoms with van der Waals surface area (Å²) in [6.07, 6.45) is 4.38. The lowest BCUT2D eigenvalue weighted by molar-refractivity contribution is 0.631. The van der Waals surface area contributed by atoms with Gasteiger partial charge in [0.25, 0.3) is 0 Å². The van der Waals surface area contributed by atoms with Gasteiger partial charge in [-0.15, -0.1) is 0 Å². The molecule has 1 aliphatic rings. The monoisotopic (exact) mass is 466 g/mol. The standard InChI is InChI=1S/C28H20ClFN4/c1-17-21(22-6-2-3-7-24(22)30)9-10-23-26(17)32-27(19-5-4-13-31-16-19)33-28(23)34-14-12-18-15-20(29)8-11-25(18)34/h2-11,13,15-16H,12,14H2,1H3. The van der Waals surface area contributed by atoms with Gasteiger partial charge < -0.3 is 4.90 Å². The fourth-order valence-electron chi connectivity index (χ4n) is 4.71. The van der Waals surface area contributed by atoms with E-state index in [4.69, 9.17) is 21.6 Å².